The Kier molecular flexibility index (Phi) is 7.54. The molecule has 0 aliphatic rings. The molecule has 1 atom stereocenters. The average Bonchev–Trinajstić information content (AvgIpc) is 2.43. The van der Waals surface area contributed by atoms with Gasteiger partial charge in [0, 0.05) is 18.0 Å². The molecule has 0 amide bonds. The van der Waals surface area contributed by atoms with Gasteiger partial charge in [-0.3, -0.25) is 4.79 Å². The van der Waals surface area contributed by atoms with Crippen LogP contribution in [0.1, 0.15) is 13.8 Å². The van der Waals surface area contributed by atoms with Gasteiger partial charge in [0.25, 0.3) is 0 Å². The minimum absolute atomic E-state index is 0.0121. The molecule has 0 N–H and O–H groups in total. The number of allylic oxidation sites excluding steroid dienone is 3. The second-order valence-electron chi connectivity index (χ2n) is 3.87. The van der Waals surface area contributed by atoms with E-state index in [0.717, 1.165) is 22.9 Å². The van der Waals surface area contributed by atoms with Crippen LogP contribution in [0, 0.1) is 0 Å². The molecule has 1 unspecified atom stereocenters. The van der Waals surface area contributed by atoms with Crippen molar-refractivity contribution in [2.45, 2.75) is 18.7 Å². The summed E-state index contributed by atoms with van der Waals surface area (Å²) in [6, 6.07) is 9.91. The van der Waals surface area contributed by atoms with Gasteiger partial charge in [-0.2, -0.15) is 0 Å². The fourth-order valence-corrected chi connectivity index (χ4v) is 2.54. The molecule has 4 heteroatoms. The Labute approximate surface area is 122 Å². The standard InChI is InChI=1S/C15H20NOPS/c1-3-16(4-2)12-8-11-14(15(17)18)19-13-9-6-5-7-10-13/h5-12H,3-4,18H2,1-2H3/b12-8+,14-11+. The van der Waals surface area contributed by atoms with Gasteiger partial charge in [-0.15, -0.1) is 0 Å². The molecule has 0 aliphatic heterocycles. The van der Waals surface area contributed by atoms with Gasteiger partial charge in [-0.25, -0.2) is 0 Å². The summed E-state index contributed by atoms with van der Waals surface area (Å²) in [5.74, 6) is 0. The molecule has 0 saturated heterocycles. The lowest BCUT2D eigenvalue weighted by Gasteiger charge is -2.14. The van der Waals surface area contributed by atoms with Crippen LogP contribution >= 0.6 is 21.0 Å². The van der Waals surface area contributed by atoms with Crippen molar-refractivity contribution in [3.8, 4) is 0 Å². The number of hydrogen-bond acceptors (Lipinski definition) is 3. The number of carbonyl (C=O) groups excluding carboxylic acids is 1. The maximum absolute atomic E-state index is 11.6. The quantitative estimate of drug-likeness (QED) is 0.329. The first kappa shape index (κ1) is 16.0. The average molecular weight is 293 g/mol. The lowest BCUT2D eigenvalue weighted by Crippen LogP contribution is -2.14. The van der Waals surface area contributed by atoms with Gasteiger partial charge in [0.05, 0.1) is 4.91 Å². The maximum Gasteiger partial charge on any atom is 0.184 e. The van der Waals surface area contributed by atoms with E-state index in [-0.39, 0.29) is 5.52 Å². The molecule has 0 aliphatic carbocycles. The largest absolute Gasteiger partial charge is 0.378 e. The molecular weight excluding hydrogens is 273 g/mol. The molecular formula is C15H20NOPS. The predicted molar refractivity (Wildman–Crippen MR) is 87.2 cm³/mol. The summed E-state index contributed by atoms with van der Waals surface area (Å²) in [6.45, 7) is 6.16. The topological polar surface area (TPSA) is 20.3 Å². The number of thioether (sulfide) groups is 1. The van der Waals surface area contributed by atoms with Gasteiger partial charge < -0.3 is 4.90 Å². The van der Waals surface area contributed by atoms with E-state index < -0.39 is 0 Å². The zero-order chi connectivity index (χ0) is 14.1. The summed E-state index contributed by atoms with van der Waals surface area (Å²) < 4.78 is 0. The van der Waals surface area contributed by atoms with Crippen molar-refractivity contribution in [1.29, 1.82) is 0 Å². The normalized spacial score (nSPS) is 11.8. The molecule has 1 aromatic rings. The van der Waals surface area contributed by atoms with Crippen LogP contribution < -0.4 is 0 Å². The summed E-state index contributed by atoms with van der Waals surface area (Å²) in [5.41, 5.74) is 0.0121. The zero-order valence-corrected chi connectivity index (χ0v) is 13.3. The summed E-state index contributed by atoms with van der Waals surface area (Å²) in [5, 5.41) is 0. The van der Waals surface area contributed by atoms with Crippen molar-refractivity contribution in [2.24, 2.45) is 0 Å². The van der Waals surface area contributed by atoms with Crippen molar-refractivity contribution in [1.82, 2.24) is 4.90 Å². The number of hydrogen-bond donors (Lipinski definition) is 0. The molecule has 1 aromatic carbocycles. The Balaban J connectivity index is 2.75. The predicted octanol–water partition coefficient (Wildman–Crippen LogP) is 3.92. The smallest absolute Gasteiger partial charge is 0.184 e. The van der Waals surface area contributed by atoms with Gasteiger partial charge in [0.2, 0.25) is 0 Å². The summed E-state index contributed by atoms with van der Waals surface area (Å²) in [4.78, 5) is 15.6. The van der Waals surface area contributed by atoms with E-state index in [9.17, 15) is 4.79 Å². The van der Waals surface area contributed by atoms with Crippen LogP contribution in [-0.4, -0.2) is 23.5 Å². The van der Waals surface area contributed by atoms with Crippen LogP contribution in [0.15, 0.2) is 58.5 Å². The first-order chi connectivity index (χ1) is 9.17. The van der Waals surface area contributed by atoms with Crippen molar-refractivity contribution in [2.75, 3.05) is 13.1 Å². The van der Waals surface area contributed by atoms with E-state index >= 15 is 0 Å². The Bertz CT molecular complexity index is 452. The molecule has 2 nitrogen and oxygen atoms in total. The maximum atomic E-state index is 11.6. The Morgan fingerprint density at radius 2 is 1.89 bits per heavy atom. The Morgan fingerprint density at radius 3 is 2.42 bits per heavy atom. The van der Waals surface area contributed by atoms with E-state index in [0.29, 0.717) is 0 Å². The number of benzene rings is 1. The van der Waals surface area contributed by atoms with Gasteiger partial charge in [-0.05, 0) is 44.3 Å². The monoisotopic (exact) mass is 293 g/mol. The number of carbonyl (C=O) groups is 1. The second-order valence-corrected chi connectivity index (χ2v) is 5.51. The minimum atomic E-state index is 0.0121. The van der Waals surface area contributed by atoms with E-state index in [1.165, 1.54) is 11.8 Å². The van der Waals surface area contributed by atoms with Crippen LogP contribution in [0.5, 0.6) is 0 Å². The van der Waals surface area contributed by atoms with Crippen LogP contribution in [0.4, 0.5) is 0 Å². The lowest BCUT2D eigenvalue weighted by atomic mass is 10.4. The first-order valence-electron chi connectivity index (χ1n) is 6.32. The summed E-state index contributed by atoms with van der Waals surface area (Å²) in [6.07, 6.45) is 5.81. The molecule has 102 valence electrons. The fraction of sp³-hybridized carbons (Fsp3) is 0.267. The highest BCUT2D eigenvalue weighted by molar-refractivity contribution is 8.04. The van der Waals surface area contributed by atoms with Crippen molar-refractivity contribution >= 4 is 26.5 Å². The molecule has 0 spiro atoms. The Hall–Kier alpha value is -1.05. The first-order valence-corrected chi connectivity index (χ1v) is 7.72. The highest BCUT2D eigenvalue weighted by Gasteiger charge is 2.04. The van der Waals surface area contributed by atoms with E-state index in [1.54, 1.807) is 0 Å². The Morgan fingerprint density at radius 1 is 1.26 bits per heavy atom. The molecule has 0 radical (unpaired) electrons. The van der Waals surface area contributed by atoms with Gasteiger partial charge in [0.15, 0.2) is 5.52 Å². The van der Waals surface area contributed by atoms with Gasteiger partial charge in [0.1, 0.15) is 0 Å². The highest BCUT2D eigenvalue weighted by Crippen LogP contribution is 2.28. The van der Waals surface area contributed by atoms with E-state index in [4.69, 9.17) is 0 Å². The molecule has 1 rings (SSSR count). The molecule has 0 saturated carbocycles. The van der Waals surface area contributed by atoms with Crippen LogP contribution in [0.3, 0.4) is 0 Å². The number of nitrogens with zero attached hydrogens (tertiary/aromatic N) is 1. The molecule has 0 fully saturated rings. The van der Waals surface area contributed by atoms with Crippen LogP contribution in [0.2, 0.25) is 0 Å². The van der Waals surface area contributed by atoms with Crippen molar-refractivity contribution in [3.63, 3.8) is 0 Å². The number of rotatable bonds is 7. The summed E-state index contributed by atoms with van der Waals surface area (Å²) >= 11 is 1.48. The fourth-order valence-electron chi connectivity index (χ4n) is 1.47. The third-order valence-electron chi connectivity index (χ3n) is 2.57. The van der Waals surface area contributed by atoms with Crippen molar-refractivity contribution in [3.05, 3.63) is 53.6 Å². The third-order valence-corrected chi connectivity index (χ3v) is 4.16. The van der Waals surface area contributed by atoms with Crippen LogP contribution in [-0.2, 0) is 4.79 Å². The van der Waals surface area contributed by atoms with Gasteiger partial charge >= 0.3 is 0 Å². The van der Waals surface area contributed by atoms with Gasteiger partial charge in [-0.1, -0.05) is 39.2 Å². The van der Waals surface area contributed by atoms with E-state index in [2.05, 4.69) is 28.0 Å². The second kappa shape index (κ2) is 8.95. The third kappa shape index (κ3) is 6.09. The minimum Gasteiger partial charge on any atom is -0.378 e. The molecule has 0 bridgehead atoms. The highest BCUT2D eigenvalue weighted by atomic mass is 32.2. The van der Waals surface area contributed by atoms with E-state index in [1.807, 2.05) is 48.7 Å². The lowest BCUT2D eigenvalue weighted by molar-refractivity contribution is -0.107. The SMILES string of the molecule is CCN(/C=C/C=C(/Sc1ccccc1)C(=O)P)CC. The molecule has 0 aromatic heterocycles. The molecule has 19 heavy (non-hydrogen) atoms. The zero-order valence-electron chi connectivity index (χ0n) is 11.4. The summed E-state index contributed by atoms with van der Waals surface area (Å²) in [7, 11) is 2.24. The molecule has 0 heterocycles. The van der Waals surface area contributed by atoms with Crippen LogP contribution in [0.25, 0.3) is 0 Å². The van der Waals surface area contributed by atoms with Crippen molar-refractivity contribution < 1.29 is 4.79 Å².